The highest BCUT2D eigenvalue weighted by Gasteiger charge is 2.37. The molecule has 1 aliphatic carbocycles. The van der Waals surface area contributed by atoms with Crippen molar-refractivity contribution in [2.45, 2.75) is 4.83 Å². The van der Waals surface area contributed by atoms with E-state index in [2.05, 4.69) is 15.9 Å². The van der Waals surface area contributed by atoms with Crippen molar-refractivity contribution in [3.8, 4) is 0 Å². The number of allylic oxidation sites excluding steroid dienone is 2. The van der Waals surface area contributed by atoms with E-state index in [4.69, 9.17) is 4.74 Å². The van der Waals surface area contributed by atoms with Gasteiger partial charge in [0.1, 0.15) is 12.9 Å². The van der Waals surface area contributed by atoms with E-state index < -0.39 is 4.83 Å². The van der Waals surface area contributed by atoms with Gasteiger partial charge in [-0.05, 0) is 0 Å². The number of Topliss-reactive ketones (excluding diaryl/α,β-unsaturated/α-hetero) is 1. The Morgan fingerprint density at radius 2 is 2.43 bits per heavy atom. The highest BCUT2D eigenvalue weighted by atomic mass is 79.9. The molecule has 74 valence electrons. The van der Waals surface area contributed by atoms with Crippen LogP contribution in [0.3, 0.4) is 0 Å². The summed E-state index contributed by atoms with van der Waals surface area (Å²) in [6.07, 6.45) is 5.98. The van der Waals surface area contributed by atoms with Crippen molar-refractivity contribution in [3.05, 3.63) is 24.0 Å². The van der Waals surface area contributed by atoms with Crippen molar-refractivity contribution < 1.29 is 14.3 Å². The van der Waals surface area contributed by atoms with E-state index in [9.17, 15) is 9.59 Å². The van der Waals surface area contributed by atoms with Crippen LogP contribution >= 0.6 is 15.9 Å². The number of rotatable bonds is 2. The first-order valence-electron chi connectivity index (χ1n) is 4.37. The Hall–Kier alpha value is -0.900. The first kappa shape index (κ1) is 9.65. The van der Waals surface area contributed by atoms with Gasteiger partial charge in [-0.2, -0.15) is 0 Å². The fourth-order valence-electron chi connectivity index (χ4n) is 1.71. The third kappa shape index (κ3) is 1.43. The number of halogens is 1. The summed E-state index contributed by atoms with van der Waals surface area (Å²) < 4.78 is 5.09. The minimum atomic E-state index is -0.423. The first-order valence-corrected chi connectivity index (χ1v) is 5.28. The Bertz CT molecular complexity index is 332. The van der Waals surface area contributed by atoms with Gasteiger partial charge >= 0.3 is 0 Å². The molecule has 3 unspecified atom stereocenters. The SMILES string of the molecule is O=CC(Br)C1C=CC2=COCC2C1=O. The van der Waals surface area contributed by atoms with Crippen molar-refractivity contribution in [1.29, 1.82) is 0 Å². The van der Waals surface area contributed by atoms with Crippen molar-refractivity contribution in [2.75, 3.05) is 6.61 Å². The highest BCUT2D eigenvalue weighted by Crippen LogP contribution is 2.32. The maximum atomic E-state index is 11.8. The second kappa shape index (κ2) is 3.69. The van der Waals surface area contributed by atoms with Gasteiger partial charge in [0.25, 0.3) is 0 Å². The number of fused-ring (bicyclic) bond motifs is 1. The zero-order valence-corrected chi connectivity index (χ0v) is 8.94. The number of aldehydes is 1. The summed E-state index contributed by atoms with van der Waals surface area (Å²) >= 11 is 3.18. The number of carbonyl (C=O) groups is 2. The smallest absolute Gasteiger partial charge is 0.152 e. The molecule has 1 heterocycles. The normalized spacial score (nSPS) is 31.8. The third-order valence-electron chi connectivity index (χ3n) is 2.53. The molecule has 0 saturated carbocycles. The Kier molecular flexibility index (Phi) is 2.54. The average Bonchev–Trinajstić information content (AvgIpc) is 2.66. The highest BCUT2D eigenvalue weighted by molar-refractivity contribution is 9.10. The molecule has 14 heavy (non-hydrogen) atoms. The van der Waals surface area contributed by atoms with Crippen molar-refractivity contribution in [3.63, 3.8) is 0 Å². The van der Waals surface area contributed by atoms with Crippen LogP contribution in [-0.4, -0.2) is 23.5 Å². The molecule has 0 fully saturated rings. The molecule has 0 amide bonds. The van der Waals surface area contributed by atoms with Crippen LogP contribution in [0, 0.1) is 11.8 Å². The van der Waals surface area contributed by atoms with Crippen LogP contribution in [0.25, 0.3) is 0 Å². The maximum absolute atomic E-state index is 11.8. The second-order valence-electron chi connectivity index (χ2n) is 3.37. The number of alkyl halides is 1. The van der Waals surface area contributed by atoms with E-state index >= 15 is 0 Å². The third-order valence-corrected chi connectivity index (χ3v) is 3.31. The van der Waals surface area contributed by atoms with Crippen LogP contribution in [0.4, 0.5) is 0 Å². The van der Waals surface area contributed by atoms with Crippen molar-refractivity contribution >= 4 is 28.0 Å². The summed E-state index contributed by atoms with van der Waals surface area (Å²) in [4.78, 5) is 22.0. The average molecular weight is 257 g/mol. The topological polar surface area (TPSA) is 43.4 Å². The molecule has 0 aromatic carbocycles. The lowest BCUT2D eigenvalue weighted by Gasteiger charge is -2.22. The van der Waals surface area contributed by atoms with Gasteiger partial charge in [0.05, 0.1) is 22.9 Å². The lowest BCUT2D eigenvalue weighted by atomic mass is 9.82. The van der Waals surface area contributed by atoms with Crippen LogP contribution in [0.15, 0.2) is 24.0 Å². The summed E-state index contributed by atoms with van der Waals surface area (Å²) in [6.45, 7) is 0.410. The van der Waals surface area contributed by atoms with Crippen LogP contribution in [0.1, 0.15) is 0 Å². The molecule has 4 heteroatoms. The fourth-order valence-corrected chi connectivity index (χ4v) is 2.15. The molecular weight excluding hydrogens is 248 g/mol. The van der Waals surface area contributed by atoms with Gasteiger partial charge in [-0.1, -0.05) is 28.1 Å². The van der Waals surface area contributed by atoms with Crippen LogP contribution in [0.5, 0.6) is 0 Å². The lowest BCUT2D eigenvalue weighted by molar-refractivity contribution is -0.126. The molecule has 0 spiro atoms. The molecule has 0 bridgehead atoms. The molecule has 1 aliphatic heterocycles. The van der Waals surface area contributed by atoms with Crippen molar-refractivity contribution in [2.24, 2.45) is 11.8 Å². The fraction of sp³-hybridized carbons (Fsp3) is 0.400. The minimum absolute atomic E-state index is 0.0604. The summed E-state index contributed by atoms with van der Waals surface area (Å²) in [7, 11) is 0. The summed E-state index contributed by atoms with van der Waals surface area (Å²) in [6, 6.07) is 0. The summed E-state index contributed by atoms with van der Waals surface area (Å²) in [5.74, 6) is -0.466. The predicted octanol–water partition coefficient (Wildman–Crippen LogP) is 1.23. The van der Waals surface area contributed by atoms with E-state index in [1.165, 1.54) is 0 Å². The zero-order chi connectivity index (χ0) is 10.1. The van der Waals surface area contributed by atoms with Gasteiger partial charge in [0.15, 0.2) is 5.78 Å². The minimum Gasteiger partial charge on any atom is -0.500 e. The Balaban J connectivity index is 2.25. The number of hydrogen-bond acceptors (Lipinski definition) is 3. The molecule has 0 aromatic heterocycles. The maximum Gasteiger partial charge on any atom is 0.152 e. The van der Waals surface area contributed by atoms with Gasteiger partial charge in [-0.3, -0.25) is 4.79 Å². The van der Waals surface area contributed by atoms with Gasteiger partial charge < -0.3 is 9.53 Å². The molecular formula is C10H9BrO3. The molecule has 0 radical (unpaired) electrons. The second-order valence-corrected chi connectivity index (χ2v) is 4.43. The number of carbonyl (C=O) groups excluding carboxylic acids is 2. The summed E-state index contributed by atoms with van der Waals surface area (Å²) in [5, 5.41) is 0. The standard InChI is InChI=1S/C10H9BrO3/c11-9(3-12)7-2-1-6-4-14-5-8(6)10(7)13/h1-4,7-9H,5H2. The predicted molar refractivity (Wildman–Crippen MR) is 53.9 cm³/mol. The largest absolute Gasteiger partial charge is 0.500 e. The molecule has 3 nitrogen and oxygen atoms in total. The Morgan fingerprint density at radius 3 is 3.14 bits per heavy atom. The van der Waals surface area contributed by atoms with E-state index in [-0.39, 0.29) is 17.6 Å². The van der Waals surface area contributed by atoms with E-state index in [1.807, 2.05) is 6.08 Å². The lowest BCUT2D eigenvalue weighted by Crippen LogP contribution is -2.33. The van der Waals surface area contributed by atoms with Gasteiger partial charge in [0.2, 0.25) is 0 Å². The molecule has 2 rings (SSSR count). The van der Waals surface area contributed by atoms with Gasteiger partial charge in [-0.15, -0.1) is 0 Å². The van der Waals surface area contributed by atoms with Gasteiger partial charge in [0, 0.05) is 5.57 Å². The van der Waals surface area contributed by atoms with E-state index in [0.29, 0.717) is 6.61 Å². The van der Waals surface area contributed by atoms with E-state index in [1.54, 1.807) is 12.3 Å². The molecule has 0 aromatic rings. The van der Waals surface area contributed by atoms with Crippen LogP contribution in [-0.2, 0) is 14.3 Å². The van der Waals surface area contributed by atoms with Crippen molar-refractivity contribution in [1.82, 2.24) is 0 Å². The Labute approximate surface area is 89.9 Å². The Morgan fingerprint density at radius 1 is 1.64 bits per heavy atom. The quantitative estimate of drug-likeness (QED) is 0.552. The molecule has 0 saturated heterocycles. The number of ketones is 1. The monoisotopic (exact) mass is 256 g/mol. The number of hydrogen-bond donors (Lipinski definition) is 0. The number of ether oxygens (including phenoxy) is 1. The van der Waals surface area contributed by atoms with E-state index in [0.717, 1.165) is 11.9 Å². The van der Waals surface area contributed by atoms with Crippen LogP contribution < -0.4 is 0 Å². The molecule has 3 atom stereocenters. The molecule has 0 N–H and O–H groups in total. The van der Waals surface area contributed by atoms with Gasteiger partial charge in [-0.25, -0.2) is 0 Å². The zero-order valence-electron chi connectivity index (χ0n) is 7.35. The first-order chi connectivity index (χ1) is 6.74. The van der Waals surface area contributed by atoms with Crippen LogP contribution in [0.2, 0.25) is 0 Å². The summed E-state index contributed by atoms with van der Waals surface area (Å²) in [5.41, 5.74) is 0.914. The molecule has 2 aliphatic rings.